The van der Waals surface area contributed by atoms with Crippen molar-refractivity contribution in [2.45, 2.75) is 69.0 Å². The molecule has 166 valence electrons. The highest BCUT2D eigenvalue weighted by molar-refractivity contribution is 7.82. The Morgan fingerprint density at radius 1 is 1.19 bits per heavy atom. The fourth-order valence-electron chi connectivity index (χ4n) is 4.51. The first-order chi connectivity index (χ1) is 15.0. The quantitative estimate of drug-likeness (QED) is 0.773. The molecule has 0 amide bonds. The van der Waals surface area contributed by atoms with Gasteiger partial charge in [0.25, 0.3) is 0 Å². The van der Waals surface area contributed by atoms with Gasteiger partial charge in [-0.25, -0.2) is 8.51 Å². The molecule has 6 nitrogen and oxygen atoms in total. The minimum atomic E-state index is -1.35. The smallest absolute Gasteiger partial charge is 0.233 e. The molecule has 31 heavy (non-hydrogen) atoms. The molecule has 1 saturated carbocycles. The Bertz CT molecular complexity index is 986. The van der Waals surface area contributed by atoms with Gasteiger partial charge < -0.3 is 14.8 Å². The molecule has 0 radical (unpaired) electrons. The third-order valence-electron chi connectivity index (χ3n) is 6.80. The zero-order valence-electron chi connectivity index (χ0n) is 18.4. The fraction of sp³-hybridized carbons (Fsp3) is 0.542. The second-order valence-corrected chi connectivity index (χ2v) is 10.6. The summed E-state index contributed by atoms with van der Waals surface area (Å²) < 4.78 is 28.1. The molecular weight excluding hydrogens is 410 g/mol. The van der Waals surface area contributed by atoms with Gasteiger partial charge in [0.05, 0.1) is 19.8 Å². The average Bonchev–Trinajstić information content (AvgIpc) is 2.83. The SMILES string of the molecule is Cc1ccccc1CN1CC2(CCOCC2)Oc2nc(NC3CCC3)c(C)cc2S1=O. The number of nitrogens with zero attached hydrogens (tertiary/aromatic N) is 2. The summed E-state index contributed by atoms with van der Waals surface area (Å²) in [4.78, 5) is 5.53. The number of ether oxygens (including phenoxy) is 2. The van der Waals surface area contributed by atoms with Crippen molar-refractivity contribution in [1.29, 1.82) is 0 Å². The number of benzene rings is 1. The van der Waals surface area contributed by atoms with Gasteiger partial charge in [-0.1, -0.05) is 24.3 Å². The average molecular weight is 442 g/mol. The van der Waals surface area contributed by atoms with E-state index in [1.165, 1.54) is 30.4 Å². The number of aryl methyl sites for hydroxylation is 2. The molecule has 2 aromatic rings. The molecule has 1 aromatic heterocycles. The molecule has 1 aromatic carbocycles. The molecule has 1 spiro atoms. The highest BCUT2D eigenvalue weighted by Crippen LogP contribution is 2.39. The van der Waals surface area contributed by atoms with Crippen LogP contribution in [0.2, 0.25) is 0 Å². The van der Waals surface area contributed by atoms with Crippen molar-refractivity contribution in [2.75, 3.05) is 25.1 Å². The van der Waals surface area contributed by atoms with E-state index in [2.05, 4.69) is 28.7 Å². The summed E-state index contributed by atoms with van der Waals surface area (Å²) in [6.45, 7) is 6.66. The Labute approximate surface area is 186 Å². The maximum Gasteiger partial charge on any atom is 0.233 e. The van der Waals surface area contributed by atoms with E-state index in [4.69, 9.17) is 14.5 Å². The number of pyridine rings is 1. The van der Waals surface area contributed by atoms with Crippen molar-refractivity contribution < 1.29 is 13.7 Å². The standard InChI is InChI=1S/C24H31N3O3S/c1-17-6-3-4-7-19(17)15-27-16-24(10-12-29-13-11-24)30-23-21(31(27)28)14-18(2)22(26-23)25-20-8-5-9-20/h3-4,6-7,14,20H,5,8-13,15-16H2,1-2H3,(H,25,26). The van der Waals surface area contributed by atoms with Crippen LogP contribution in [0.3, 0.4) is 0 Å². The van der Waals surface area contributed by atoms with E-state index in [1.54, 1.807) is 0 Å². The van der Waals surface area contributed by atoms with E-state index in [1.807, 2.05) is 25.1 Å². The molecular formula is C24H31N3O3S. The van der Waals surface area contributed by atoms with Crippen molar-refractivity contribution in [1.82, 2.24) is 9.29 Å². The van der Waals surface area contributed by atoms with Crippen LogP contribution in [0.25, 0.3) is 0 Å². The lowest BCUT2D eigenvalue weighted by atomic mass is 9.93. The molecule has 7 heteroatoms. The van der Waals surface area contributed by atoms with Crippen LogP contribution in [0.1, 0.15) is 48.8 Å². The zero-order valence-corrected chi connectivity index (χ0v) is 19.2. The third-order valence-corrected chi connectivity index (χ3v) is 8.20. The van der Waals surface area contributed by atoms with E-state index >= 15 is 0 Å². The van der Waals surface area contributed by atoms with Gasteiger partial charge in [0.2, 0.25) is 5.88 Å². The molecule has 2 fully saturated rings. The summed E-state index contributed by atoms with van der Waals surface area (Å²) in [6.07, 6.45) is 5.16. The summed E-state index contributed by atoms with van der Waals surface area (Å²) in [5.74, 6) is 1.37. The minimum absolute atomic E-state index is 0.433. The van der Waals surface area contributed by atoms with Crippen LogP contribution in [-0.2, 0) is 22.3 Å². The lowest BCUT2D eigenvalue weighted by Gasteiger charge is -2.38. The second kappa shape index (κ2) is 8.52. The molecule has 1 atom stereocenters. The highest BCUT2D eigenvalue weighted by atomic mass is 32.2. The first kappa shape index (κ1) is 20.9. The Balaban J connectivity index is 1.52. The first-order valence-electron chi connectivity index (χ1n) is 11.3. The molecule has 5 rings (SSSR count). The molecule has 2 aliphatic heterocycles. The van der Waals surface area contributed by atoms with Crippen LogP contribution in [0.4, 0.5) is 5.82 Å². The summed E-state index contributed by atoms with van der Waals surface area (Å²) >= 11 is 0. The molecule has 1 saturated heterocycles. The Kier molecular flexibility index (Phi) is 5.75. The number of fused-ring (bicyclic) bond motifs is 1. The fourth-order valence-corrected chi connectivity index (χ4v) is 5.92. The summed E-state index contributed by atoms with van der Waals surface area (Å²) in [5.41, 5.74) is 2.98. The molecule has 3 aliphatic rings. The van der Waals surface area contributed by atoms with Crippen molar-refractivity contribution in [3.8, 4) is 5.88 Å². The molecule has 1 N–H and O–H groups in total. The maximum absolute atomic E-state index is 13.8. The van der Waals surface area contributed by atoms with Crippen LogP contribution in [0.5, 0.6) is 5.88 Å². The second-order valence-electron chi connectivity index (χ2n) is 9.10. The van der Waals surface area contributed by atoms with E-state index in [0.717, 1.165) is 24.2 Å². The van der Waals surface area contributed by atoms with Gasteiger partial charge in [-0.15, -0.1) is 0 Å². The van der Waals surface area contributed by atoms with Crippen molar-refractivity contribution in [2.24, 2.45) is 0 Å². The minimum Gasteiger partial charge on any atom is -0.469 e. The largest absolute Gasteiger partial charge is 0.469 e. The molecule has 0 bridgehead atoms. The number of nitrogens with one attached hydrogen (secondary N) is 1. The molecule has 1 unspecified atom stereocenters. The topological polar surface area (TPSA) is 63.7 Å². The summed E-state index contributed by atoms with van der Waals surface area (Å²) in [6, 6.07) is 10.8. The maximum atomic E-state index is 13.8. The summed E-state index contributed by atoms with van der Waals surface area (Å²) in [5, 5.41) is 3.55. The number of anilines is 1. The van der Waals surface area contributed by atoms with E-state index in [-0.39, 0.29) is 0 Å². The molecule has 1 aliphatic carbocycles. The van der Waals surface area contributed by atoms with Gasteiger partial charge in [0, 0.05) is 25.4 Å². The van der Waals surface area contributed by atoms with Gasteiger partial charge in [-0.3, -0.25) is 0 Å². The van der Waals surface area contributed by atoms with Gasteiger partial charge in [0.1, 0.15) is 27.3 Å². The predicted molar refractivity (Wildman–Crippen MR) is 122 cm³/mol. The van der Waals surface area contributed by atoms with E-state index in [9.17, 15) is 4.21 Å². The van der Waals surface area contributed by atoms with Crippen molar-refractivity contribution in [3.63, 3.8) is 0 Å². The normalized spacial score (nSPS) is 23.5. The number of hydrogen-bond donors (Lipinski definition) is 1. The zero-order chi connectivity index (χ0) is 21.4. The Morgan fingerprint density at radius 2 is 1.97 bits per heavy atom. The van der Waals surface area contributed by atoms with E-state index < -0.39 is 16.6 Å². The number of aromatic nitrogens is 1. The van der Waals surface area contributed by atoms with Crippen molar-refractivity contribution in [3.05, 3.63) is 47.0 Å². The monoisotopic (exact) mass is 441 g/mol. The van der Waals surface area contributed by atoms with Crippen molar-refractivity contribution >= 4 is 16.8 Å². The van der Waals surface area contributed by atoms with Gasteiger partial charge >= 0.3 is 0 Å². The van der Waals surface area contributed by atoms with Gasteiger partial charge in [-0.05, 0) is 55.9 Å². The predicted octanol–water partition coefficient (Wildman–Crippen LogP) is 4.13. The molecule has 3 heterocycles. The lowest BCUT2D eigenvalue weighted by molar-refractivity contribution is -0.0551. The van der Waals surface area contributed by atoms with Crippen LogP contribution >= 0.6 is 0 Å². The number of rotatable bonds is 4. The van der Waals surface area contributed by atoms with E-state index in [0.29, 0.717) is 43.1 Å². The van der Waals surface area contributed by atoms with Crippen LogP contribution < -0.4 is 10.1 Å². The highest BCUT2D eigenvalue weighted by Gasteiger charge is 2.43. The Morgan fingerprint density at radius 3 is 2.68 bits per heavy atom. The lowest BCUT2D eigenvalue weighted by Crippen LogP contribution is -2.49. The van der Waals surface area contributed by atoms with Gasteiger partial charge in [0.15, 0.2) is 0 Å². The first-order valence-corrected chi connectivity index (χ1v) is 12.4. The van der Waals surface area contributed by atoms with Crippen LogP contribution in [0, 0.1) is 13.8 Å². The summed E-state index contributed by atoms with van der Waals surface area (Å²) in [7, 11) is -1.35. The van der Waals surface area contributed by atoms with Gasteiger partial charge in [-0.2, -0.15) is 4.98 Å². The van der Waals surface area contributed by atoms with Crippen LogP contribution in [-0.4, -0.2) is 44.9 Å². The third kappa shape index (κ3) is 4.23. The van der Waals surface area contributed by atoms with Crippen LogP contribution in [0.15, 0.2) is 35.2 Å². The number of hydrogen-bond acceptors (Lipinski definition) is 5. The Hall–Kier alpha value is -1.96.